The summed E-state index contributed by atoms with van der Waals surface area (Å²) < 4.78 is 10.0. The van der Waals surface area contributed by atoms with Crippen LogP contribution in [0.4, 0.5) is 4.79 Å². The van der Waals surface area contributed by atoms with E-state index in [4.69, 9.17) is 9.47 Å². The molecule has 110 valence electrons. The van der Waals surface area contributed by atoms with Gasteiger partial charge in [-0.1, -0.05) is 11.8 Å². The Morgan fingerprint density at radius 1 is 1.43 bits per heavy atom. The lowest BCUT2D eigenvalue weighted by Gasteiger charge is -2.18. The minimum Gasteiger partial charge on any atom is -0.457 e. The highest BCUT2D eigenvalue weighted by atomic mass is 16.6. The maximum atomic E-state index is 11.4. The second kappa shape index (κ2) is 5.88. The van der Waals surface area contributed by atoms with Crippen LogP contribution < -0.4 is 5.32 Å². The standard InChI is InChI=1S/C16H17NO4/c1-16(2,3)21-15(19)17-8-4-5-11-6-7-13-12(9-11)10-20-14(13)18/h6-7,9H,8,10H2,1-3H3,(H,17,19). The summed E-state index contributed by atoms with van der Waals surface area (Å²) in [5.74, 6) is 5.46. The van der Waals surface area contributed by atoms with Crippen LogP contribution in [0.2, 0.25) is 0 Å². The van der Waals surface area contributed by atoms with Crippen LogP contribution in [0.3, 0.4) is 0 Å². The Labute approximate surface area is 123 Å². The molecule has 0 radical (unpaired) electrons. The van der Waals surface area contributed by atoms with Gasteiger partial charge in [-0.25, -0.2) is 9.59 Å². The first-order valence-corrected chi connectivity index (χ1v) is 6.61. The Hall–Kier alpha value is -2.48. The van der Waals surface area contributed by atoms with Gasteiger partial charge in [0.15, 0.2) is 0 Å². The highest BCUT2D eigenvalue weighted by molar-refractivity contribution is 5.93. The Bertz CT molecular complexity index is 632. The van der Waals surface area contributed by atoms with E-state index in [9.17, 15) is 9.59 Å². The molecule has 1 aromatic rings. The number of hydrogen-bond acceptors (Lipinski definition) is 4. The maximum Gasteiger partial charge on any atom is 0.408 e. The molecule has 1 amide bonds. The van der Waals surface area contributed by atoms with Crippen molar-refractivity contribution in [2.24, 2.45) is 0 Å². The molecule has 0 aliphatic carbocycles. The van der Waals surface area contributed by atoms with Crippen LogP contribution in [0.5, 0.6) is 0 Å². The average molecular weight is 287 g/mol. The third kappa shape index (κ3) is 4.25. The van der Waals surface area contributed by atoms with Gasteiger partial charge in [0.05, 0.1) is 12.1 Å². The fourth-order valence-corrected chi connectivity index (χ4v) is 1.79. The van der Waals surface area contributed by atoms with Gasteiger partial charge in [0.2, 0.25) is 0 Å². The third-order valence-electron chi connectivity index (χ3n) is 2.64. The van der Waals surface area contributed by atoms with E-state index in [0.717, 1.165) is 11.1 Å². The number of amides is 1. The lowest BCUT2D eigenvalue weighted by Crippen LogP contribution is -2.32. The molecular weight excluding hydrogens is 270 g/mol. The molecular formula is C16H17NO4. The van der Waals surface area contributed by atoms with Crippen LogP contribution >= 0.6 is 0 Å². The summed E-state index contributed by atoms with van der Waals surface area (Å²) >= 11 is 0. The van der Waals surface area contributed by atoms with Gasteiger partial charge in [0, 0.05) is 11.1 Å². The molecule has 1 aromatic carbocycles. The van der Waals surface area contributed by atoms with E-state index in [2.05, 4.69) is 17.2 Å². The molecule has 1 aliphatic heterocycles. The molecule has 0 saturated heterocycles. The van der Waals surface area contributed by atoms with E-state index in [1.165, 1.54) is 0 Å². The van der Waals surface area contributed by atoms with Crippen molar-refractivity contribution in [3.63, 3.8) is 0 Å². The zero-order valence-corrected chi connectivity index (χ0v) is 12.3. The number of esters is 1. The molecule has 21 heavy (non-hydrogen) atoms. The molecule has 0 fully saturated rings. The van der Waals surface area contributed by atoms with Crippen LogP contribution in [0, 0.1) is 11.8 Å². The van der Waals surface area contributed by atoms with E-state index >= 15 is 0 Å². The minimum atomic E-state index is -0.524. The van der Waals surface area contributed by atoms with Crippen molar-refractivity contribution in [3.8, 4) is 11.8 Å². The zero-order valence-electron chi connectivity index (χ0n) is 12.3. The molecule has 0 aromatic heterocycles. The molecule has 0 unspecified atom stereocenters. The van der Waals surface area contributed by atoms with E-state index < -0.39 is 11.7 Å². The summed E-state index contributed by atoms with van der Waals surface area (Å²) in [4.78, 5) is 22.7. The van der Waals surface area contributed by atoms with Crippen molar-refractivity contribution < 1.29 is 19.1 Å². The van der Waals surface area contributed by atoms with Crippen LogP contribution in [-0.2, 0) is 16.1 Å². The van der Waals surface area contributed by atoms with E-state index in [-0.39, 0.29) is 12.5 Å². The highest BCUT2D eigenvalue weighted by Crippen LogP contribution is 2.20. The first-order chi connectivity index (χ1) is 9.85. The van der Waals surface area contributed by atoms with Gasteiger partial charge in [-0.15, -0.1) is 0 Å². The van der Waals surface area contributed by atoms with Gasteiger partial charge in [0.25, 0.3) is 0 Å². The predicted molar refractivity (Wildman–Crippen MR) is 76.7 cm³/mol. The molecule has 0 spiro atoms. The number of fused-ring (bicyclic) bond motifs is 1. The highest BCUT2D eigenvalue weighted by Gasteiger charge is 2.20. The fraction of sp³-hybridized carbons (Fsp3) is 0.375. The summed E-state index contributed by atoms with van der Waals surface area (Å²) in [5, 5.41) is 2.56. The lowest BCUT2D eigenvalue weighted by molar-refractivity contribution is 0.0525. The number of cyclic esters (lactones) is 1. The molecule has 1 N–H and O–H groups in total. The molecule has 0 atom stereocenters. The van der Waals surface area contributed by atoms with E-state index in [1.807, 2.05) is 6.07 Å². The fourth-order valence-electron chi connectivity index (χ4n) is 1.79. The van der Waals surface area contributed by atoms with Gasteiger partial charge < -0.3 is 14.8 Å². The number of hydrogen-bond donors (Lipinski definition) is 1. The van der Waals surface area contributed by atoms with Crippen molar-refractivity contribution in [1.82, 2.24) is 5.32 Å². The Morgan fingerprint density at radius 2 is 2.19 bits per heavy atom. The topological polar surface area (TPSA) is 64.6 Å². The number of carbonyl (C=O) groups excluding carboxylic acids is 2. The maximum absolute atomic E-state index is 11.4. The number of carbonyl (C=O) groups is 2. The number of ether oxygens (including phenoxy) is 2. The molecule has 1 aliphatic rings. The lowest BCUT2D eigenvalue weighted by atomic mass is 10.1. The van der Waals surface area contributed by atoms with Crippen molar-refractivity contribution in [3.05, 3.63) is 34.9 Å². The largest absolute Gasteiger partial charge is 0.457 e. The summed E-state index contributed by atoms with van der Waals surface area (Å²) in [6.45, 7) is 5.88. The van der Waals surface area contributed by atoms with Crippen molar-refractivity contribution >= 4 is 12.1 Å². The second-order valence-electron chi connectivity index (χ2n) is 5.61. The first kappa shape index (κ1) is 14.9. The Kier molecular flexibility index (Phi) is 4.18. The predicted octanol–water partition coefficient (Wildman–Crippen LogP) is 2.23. The Balaban J connectivity index is 1.89. The number of rotatable bonds is 1. The van der Waals surface area contributed by atoms with Crippen LogP contribution in [0.1, 0.15) is 42.3 Å². The van der Waals surface area contributed by atoms with Crippen molar-refractivity contribution in [2.45, 2.75) is 33.0 Å². The molecule has 2 rings (SSSR count). The molecule has 0 bridgehead atoms. The molecule has 1 heterocycles. The number of nitrogens with one attached hydrogen (secondary N) is 1. The van der Waals surface area contributed by atoms with Gasteiger partial charge >= 0.3 is 12.1 Å². The van der Waals surface area contributed by atoms with Crippen LogP contribution in [0.15, 0.2) is 18.2 Å². The number of alkyl carbamates (subject to hydrolysis) is 1. The van der Waals surface area contributed by atoms with E-state index in [1.54, 1.807) is 32.9 Å². The summed E-state index contributed by atoms with van der Waals surface area (Å²) in [6, 6.07) is 5.28. The van der Waals surface area contributed by atoms with Crippen LogP contribution in [0.25, 0.3) is 0 Å². The molecule has 0 saturated carbocycles. The monoisotopic (exact) mass is 287 g/mol. The minimum absolute atomic E-state index is 0.196. The van der Waals surface area contributed by atoms with E-state index in [0.29, 0.717) is 12.2 Å². The van der Waals surface area contributed by atoms with Crippen molar-refractivity contribution in [2.75, 3.05) is 6.54 Å². The zero-order chi connectivity index (χ0) is 15.5. The van der Waals surface area contributed by atoms with Gasteiger partial charge in [-0.2, -0.15) is 0 Å². The SMILES string of the molecule is CC(C)(C)OC(=O)NCC#Cc1ccc2c(c1)COC2=O. The second-order valence-corrected chi connectivity index (χ2v) is 5.61. The normalized spacial score (nSPS) is 12.8. The summed E-state index contributed by atoms with van der Waals surface area (Å²) in [5.41, 5.74) is 1.68. The average Bonchev–Trinajstić information content (AvgIpc) is 2.74. The van der Waals surface area contributed by atoms with Gasteiger partial charge in [-0.05, 0) is 39.0 Å². The van der Waals surface area contributed by atoms with Crippen LogP contribution in [-0.4, -0.2) is 24.2 Å². The summed E-state index contributed by atoms with van der Waals surface area (Å²) in [7, 11) is 0. The van der Waals surface area contributed by atoms with Gasteiger partial charge in [-0.3, -0.25) is 0 Å². The molecule has 5 nitrogen and oxygen atoms in total. The number of benzene rings is 1. The smallest absolute Gasteiger partial charge is 0.408 e. The first-order valence-electron chi connectivity index (χ1n) is 6.61. The summed E-state index contributed by atoms with van der Waals surface area (Å²) in [6.07, 6.45) is -0.496. The van der Waals surface area contributed by atoms with Crippen molar-refractivity contribution in [1.29, 1.82) is 0 Å². The molecule has 5 heteroatoms. The third-order valence-corrected chi connectivity index (χ3v) is 2.64. The Morgan fingerprint density at radius 3 is 2.90 bits per heavy atom. The van der Waals surface area contributed by atoms with Gasteiger partial charge in [0.1, 0.15) is 12.2 Å². The quantitative estimate of drug-likeness (QED) is 0.635.